The van der Waals surface area contributed by atoms with Gasteiger partial charge in [0.05, 0.1) is 11.3 Å². The van der Waals surface area contributed by atoms with Crippen LogP contribution in [0.25, 0.3) is 23.0 Å². The molecule has 0 bridgehead atoms. The van der Waals surface area contributed by atoms with Crippen LogP contribution in [0.3, 0.4) is 0 Å². The lowest BCUT2D eigenvalue weighted by Crippen LogP contribution is -1.84. The normalized spacial score (nSPS) is 11.2. The standard InChI is InChI=1S/C15H9N3S2/c16-9-11(8-12-4-3-7-19-12)15-18-14(10-20-15)13-5-1-2-6-17-13/h1-8,10H/b11-8-. The first kappa shape index (κ1) is 12.7. The average molecular weight is 295 g/mol. The van der Waals surface area contributed by atoms with Gasteiger partial charge in [0, 0.05) is 16.5 Å². The maximum atomic E-state index is 9.30. The quantitative estimate of drug-likeness (QED) is 0.676. The molecule has 0 unspecified atom stereocenters. The molecule has 0 atom stereocenters. The van der Waals surface area contributed by atoms with Gasteiger partial charge in [0.2, 0.25) is 0 Å². The summed E-state index contributed by atoms with van der Waals surface area (Å²) >= 11 is 3.06. The molecule has 0 aromatic carbocycles. The molecule has 96 valence electrons. The first-order valence-corrected chi connectivity index (χ1v) is 7.65. The SMILES string of the molecule is N#C/C(=C/c1cccs1)c1nc(-c2ccccn2)cs1. The van der Waals surface area contributed by atoms with Crippen molar-refractivity contribution in [2.45, 2.75) is 0 Å². The Morgan fingerprint density at radius 2 is 2.10 bits per heavy atom. The summed E-state index contributed by atoms with van der Waals surface area (Å²) in [6, 6.07) is 11.9. The maximum Gasteiger partial charge on any atom is 0.134 e. The minimum Gasteiger partial charge on any atom is -0.255 e. The van der Waals surface area contributed by atoms with Crippen molar-refractivity contribution in [3.63, 3.8) is 0 Å². The van der Waals surface area contributed by atoms with Gasteiger partial charge in [-0.15, -0.1) is 22.7 Å². The molecule has 0 radical (unpaired) electrons. The number of hydrogen-bond donors (Lipinski definition) is 0. The van der Waals surface area contributed by atoms with Gasteiger partial charge in [0.25, 0.3) is 0 Å². The lowest BCUT2D eigenvalue weighted by Gasteiger charge is -1.94. The Morgan fingerprint density at radius 1 is 1.15 bits per heavy atom. The predicted molar refractivity (Wildman–Crippen MR) is 83.1 cm³/mol. The van der Waals surface area contributed by atoms with Crippen LogP contribution in [0, 0.1) is 11.3 Å². The number of thiophene rings is 1. The van der Waals surface area contributed by atoms with Crippen LogP contribution in [0.2, 0.25) is 0 Å². The molecule has 5 heteroatoms. The van der Waals surface area contributed by atoms with E-state index in [0.29, 0.717) is 5.57 Å². The summed E-state index contributed by atoms with van der Waals surface area (Å²) in [5, 5.41) is 13.9. The zero-order valence-electron chi connectivity index (χ0n) is 10.4. The van der Waals surface area contributed by atoms with Crippen molar-refractivity contribution in [3.05, 3.63) is 57.2 Å². The fourth-order valence-electron chi connectivity index (χ4n) is 1.69. The van der Waals surface area contributed by atoms with E-state index < -0.39 is 0 Å². The molecule has 0 fully saturated rings. The van der Waals surface area contributed by atoms with Crippen LogP contribution in [-0.2, 0) is 0 Å². The summed E-state index contributed by atoms with van der Waals surface area (Å²) in [5.74, 6) is 0. The molecule has 0 aliphatic rings. The van der Waals surface area contributed by atoms with Gasteiger partial charge in [-0.05, 0) is 29.7 Å². The zero-order chi connectivity index (χ0) is 13.8. The third-order valence-corrected chi connectivity index (χ3v) is 4.31. The Morgan fingerprint density at radius 3 is 2.80 bits per heavy atom. The van der Waals surface area contributed by atoms with E-state index in [2.05, 4.69) is 16.0 Å². The van der Waals surface area contributed by atoms with Crippen molar-refractivity contribution in [1.82, 2.24) is 9.97 Å². The second kappa shape index (κ2) is 5.78. The van der Waals surface area contributed by atoms with Gasteiger partial charge in [-0.1, -0.05) is 12.1 Å². The molecule has 3 aromatic heterocycles. The molecule has 3 nitrogen and oxygen atoms in total. The smallest absolute Gasteiger partial charge is 0.134 e. The number of aromatic nitrogens is 2. The van der Waals surface area contributed by atoms with Crippen molar-refractivity contribution < 1.29 is 0 Å². The molecular weight excluding hydrogens is 286 g/mol. The molecular formula is C15H9N3S2. The maximum absolute atomic E-state index is 9.30. The van der Waals surface area contributed by atoms with E-state index in [1.54, 1.807) is 17.5 Å². The van der Waals surface area contributed by atoms with Gasteiger partial charge in [-0.2, -0.15) is 5.26 Å². The van der Waals surface area contributed by atoms with Crippen molar-refractivity contribution in [1.29, 1.82) is 5.26 Å². The highest BCUT2D eigenvalue weighted by molar-refractivity contribution is 7.12. The van der Waals surface area contributed by atoms with Gasteiger partial charge < -0.3 is 0 Å². The summed E-state index contributed by atoms with van der Waals surface area (Å²) in [6.45, 7) is 0. The lowest BCUT2D eigenvalue weighted by molar-refractivity contribution is 1.27. The molecule has 0 amide bonds. The summed E-state index contributed by atoms with van der Waals surface area (Å²) in [6.07, 6.45) is 3.60. The van der Waals surface area contributed by atoms with E-state index in [1.807, 2.05) is 47.2 Å². The van der Waals surface area contributed by atoms with E-state index in [4.69, 9.17) is 0 Å². The second-order valence-electron chi connectivity index (χ2n) is 3.94. The van der Waals surface area contributed by atoms with Gasteiger partial charge in [-0.3, -0.25) is 4.98 Å². The van der Waals surface area contributed by atoms with Crippen molar-refractivity contribution >= 4 is 34.3 Å². The van der Waals surface area contributed by atoms with Crippen LogP contribution < -0.4 is 0 Å². The first-order chi connectivity index (χ1) is 9.86. The van der Waals surface area contributed by atoms with Gasteiger partial charge >= 0.3 is 0 Å². The largest absolute Gasteiger partial charge is 0.255 e. The highest BCUT2D eigenvalue weighted by atomic mass is 32.1. The monoisotopic (exact) mass is 295 g/mol. The molecule has 3 heterocycles. The van der Waals surface area contributed by atoms with Crippen LogP contribution in [0.4, 0.5) is 0 Å². The minimum atomic E-state index is 0.583. The van der Waals surface area contributed by atoms with E-state index in [1.165, 1.54) is 11.3 Å². The molecule has 0 aliphatic heterocycles. The number of allylic oxidation sites excluding steroid dienone is 1. The number of hydrogen-bond acceptors (Lipinski definition) is 5. The van der Waals surface area contributed by atoms with Crippen LogP contribution >= 0.6 is 22.7 Å². The Hall–Kier alpha value is -2.29. The number of nitriles is 1. The third kappa shape index (κ3) is 2.67. The average Bonchev–Trinajstić information content (AvgIpc) is 3.17. The number of nitrogens with zero attached hydrogens (tertiary/aromatic N) is 3. The summed E-state index contributed by atoms with van der Waals surface area (Å²) in [4.78, 5) is 9.82. The summed E-state index contributed by atoms with van der Waals surface area (Å²) < 4.78 is 0. The fraction of sp³-hybridized carbons (Fsp3) is 0. The Balaban J connectivity index is 1.95. The topological polar surface area (TPSA) is 49.6 Å². The van der Waals surface area contributed by atoms with E-state index in [9.17, 15) is 5.26 Å². The number of rotatable bonds is 3. The van der Waals surface area contributed by atoms with Crippen molar-refractivity contribution in [3.8, 4) is 17.5 Å². The van der Waals surface area contributed by atoms with Gasteiger partial charge in [0.1, 0.15) is 16.8 Å². The lowest BCUT2D eigenvalue weighted by atomic mass is 10.2. The highest BCUT2D eigenvalue weighted by Crippen LogP contribution is 2.26. The highest BCUT2D eigenvalue weighted by Gasteiger charge is 2.09. The molecule has 0 saturated heterocycles. The number of thiazole rings is 1. The summed E-state index contributed by atoms with van der Waals surface area (Å²) in [7, 11) is 0. The third-order valence-electron chi connectivity index (χ3n) is 2.61. The molecule has 0 N–H and O–H groups in total. The Bertz CT molecular complexity index is 765. The van der Waals surface area contributed by atoms with E-state index in [-0.39, 0.29) is 0 Å². The molecule has 0 spiro atoms. The van der Waals surface area contributed by atoms with Gasteiger partial charge in [-0.25, -0.2) is 4.98 Å². The summed E-state index contributed by atoms with van der Waals surface area (Å²) in [5.41, 5.74) is 2.21. The minimum absolute atomic E-state index is 0.583. The molecule has 0 saturated carbocycles. The van der Waals surface area contributed by atoms with E-state index in [0.717, 1.165) is 21.3 Å². The fourth-order valence-corrected chi connectivity index (χ4v) is 3.12. The number of pyridine rings is 1. The molecule has 3 aromatic rings. The zero-order valence-corrected chi connectivity index (χ0v) is 12.0. The van der Waals surface area contributed by atoms with Crippen LogP contribution in [0.15, 0.2) is 47.3 Å². The van der Waals surface area contributed by atoms with E-state index >= 15 is 0 Å². The first-order valence-electron chi connectivity index (χ1n) is 5.89. The molecule has 0 aliphatic carbocycles. The Kier molecular flexibility index (Phi) is 3.68. The Labute approximate surface area is 124 Å². The molecule has 3 rings (SSSR count). The van der Waals surface area contributed by atoms with Crippen molar-refractivity contribution in [2.24, 2.45) is 0 Å². The predicted octanol–water partition coefficient (Wildman–Crippen LogP) is 4.33. The van der Waals surface area contributed by atoms with Crippen LogP contribution in [-0.4, -0.2) is 9.97 Å². The van der Waals surface area contributed by atoms with Crippen LogP contribution in [0.5, 0.6) is 0 Å². The molecule has 20 heavy (non-hydrogen) atoms. The van der Waals surface area contributed by atoms with Crippen LogP contribution in [0.1, 0.15) is 9.88 Å². The van der Waals surface area contributed by atoms with Gasteiger partial charge in [0.15, 0.2) is 0 Å². The van der Waals surface area contributed by atoms with Crippen molar-refractivity contribution in [2.75, 3.05) is 0 Å². The second-order valence-corrected chi connectivity index (χ2v) is 5.78.